The molecule has 3 aromatic rings. The second-order valence-electron chi connectivity index (χ2n) is 7.56. The number of likely N-dealkylation sites (N-methyl/N-ethyl adjacent to an activating group) is 1. The Bertz CT molecular complexity index is 978. The lowest BCUT2D eigenvalue weighted by molar-refractivity contribution is 0.122. The minimum atomic E-state index is -0.230. The van der Waals surface area contributed by atoms with Crippen LogP contribution in [0.15, 0.2) is 46.9 Å². The Morgan fingerprint density at radius 2 is 1.89 bits per heavy atom. The van der Waals surface area contributed by atoms with Gasteiger partial charge in [-0.25, -0.2) is 4.39 Å². The zero-order valence-corrected chi connectivity index (χ0v) is 15.5. The fourth-order valence-electron chi connectivity index (χ4n) is 4.30. The van der Waals surface area contributed by atoms with E-state index in [1.807, 2.05) is 6.07 Å². The lowest BCUT2D eigenvalue weighted by atomic mass is 9.87. The quantitative estimate of drug-likeness (QED) is 0.686. The summed E-state index contributed by atoms with van der Waals surface area (Å²) in [6.45, 7) is 5.27. The number of ether oxygens (including phenoxy) is 1. The molecule has 4 nitrogen and oxygen atoms in total. The normalized spacial score (nSPS) is 20.8. The highest BCUT2D eigenvalue weighted by molar-refractivity contribution is 5.78. The largest absolute Gasteiger partial charge is 0.460 e. The van der Waals surface area contributed by atoms with Gasteiger partial charge in [-0.2, -0.15) is 0 Å². The van der Waals surface area contributed by atoms with Crippen LogP contribution >= 0.6 is 0 Å². The van der Waals surface area contributed by atoms with E-state index >= 15 is 0 Å². The van der Waals surface area contributed by atoms with Gasteiger partial charge in [-0.3, -0.25) is 0 Å². The molecule has 140 valence electrons. The SMILES string of the molecule is CN1Cc2cc(N3CCOCC3)ccc2C(c2cc3cc(F)ccc3o2)C1. The Hall–Kier alpha value is -2.37. The van der Waals surface area contributed by atoms with Gasteiger partial charge in [-0.15, -0.1) is 0 Å². The van der Waals surface area contributed by atoms with E-state index in [0.717, 1.165) is 56.1 Å². The molecule has 1 saturated heterocycles. The van der Waals surface area contributed by atoms with E-state index in [2.05, 4.69) is 35.0 Å². The van der Waals surface area contributed by atoms with Crippen LogP contribution in [0.4, 0.5) is 10.1 Å². The molecule has 0 bridgehead atoms. The molecule has 3 heterocycles. The van der Waals surface area contributed by atoms with Crippen LogP contribution in [0.2, 0.25) is 0 Å². The molecule has 1 unspecified atom stereocenters. The zero-order valence-electron chi connectivity index (χ0n) is 15.5. The summed E-state index contributed by atoms with van der Waals surface area (Å²) in [5.41, 5.74) is 4.65. The summed E-state index contributed by atoms with van der Waals surface area (Å²) in [5.74, 6) is 0.835. The number of hydrogen-bond donors (Lipinski definition) is 0. The maximum absolute atomic E-state index is 13.5. The smallest absolute Gasteiger partial charge is 0.134 e. The van der Waals surface area contributed by atoms with E-state index in [4.69, 9.17) is 9.15 Å². The fraction of sp³-hybridized carbons (Fsp3) is 0.364. The van der Waals surface area contributed by atoms with Crippen molar-refractivity contribution in [3.8, 4) is 0 Å². The molecule has 0 spiro atoms. The zero-order chi connectivity index (χ0) is 18.4. The van der Waals surface area contributed by atoms with Gasteiger partial charge in [0.1, 0.15) is 17.2 Å². The van der Waals surface area contributed by atoms with Gasteiger partial charge in [-0.1, -0.05) is 6.07 Å². The summed E-state index contributed by atoms with van der Waals surface area (Å²) >= 11 is 0. The van der Waals surface area contributed by atoms with Gasteiger partial charge in [0.15, 0.2) is 0 Å². The number of halogens is 1. The molecule has 2 aliphatic rings. The molecule has 27 heavy (non-hydrogen) atoms. The Morgan fingerprint density at radius 1 is 1.04 bits per heavy atom. The van der Waals surface area contributed by atoms with Crippen LogP contribution in [0, 0.1) is 5.82 Å². The van der Waals surface area contributed by atoms with E-state index in [1.54, 1.807) is 6.07 Å². The maximum atomic E-state index is 13.5. The van der Waals surface area contributed by atoms with E-state index in [0.29, 0.717) is 0 Å². The van der Waals surface area contributed by atoms with Crippen molar-refractivity contribution in [2.45, 2.75) is 12.5 Å². The first-order chi connectivity index (χ1) is 13.2. The summed E-state index contributed by atoms with van der Waals surface area (Å²) in [6.07, 6.45) is 0. The molecule has 0 saturated carbocycles. The first kappa shape index (κ1) is 16.8. The Labute approximate surface area is 158 Å². The van der Waals surface area contributed by atoms with Crippen molar-refractivity contribution in [3.05, 3.63) is 65.2 Å². The van der Waals surface area contributed by atoms with Crippen LogP contribution in [0.1, 0.15) is 22.8 Å². The average Bonchev–Trinajstić information content (AvgIpc) is 3.10. The highest BCUT2D eigenvalue weighted by Gasteiger charge is 2.28. The van der Waals surface area contributed by atoms with E-state index in [1.165, 1.54) is 28.9 Å². The van der Waals surface area contributed by atoms with Gasteiger partial charge >= 0.3 is 0 Å². The van der Waals surface area contributed by atoms with Gasteiger partial charge in [-0.05, 0) is 54.6 Å². The molecule has 2 aliphatic heterocycles. The highest BCUT2D eigenvalue weighted by atomic mass is 19.1. The predicted octanol–water partition coefficient (Wildman–Crippen LogP) is 3.99. The van der Waals surface area contributed by atoms with Crippen molar-refractivity contribution >= 4 is 16.7 Å². The summed E-state index contributed by atoms with van der Waals surface area (Å²) in [4.78, 5) is 4.71. The third-order valence-electron chi connectivity index (χ3n) is 5.65. The van der Waals surface area contributed by atoms with Crippen molar-refractivity contribution < 1.29 is 13.5 Å². The van der Waals surface area contributed by atoms with E-state index < -0.39 is 0 Å². The first-order valence-electron chi connectivity index (χ1n) is 9.50. The fourth-order valence-corrected chi connectivity index (χ4v) is 4.30. The number of benzene rings is 2. The number of hydrogen-bond acceptors (Lipinski definition) is 4. The Kier molecular flexibility index (Phi) is 4.14. The van der Waals surface area contributed by atoms with Gasteiger partial charge in [0.2, 0.25) is 0 Å². The lowest BCUT2D eigenvalue weighted by Gasteiger charge is -2.34. The van der Waals surface area contributed by atoms with Crippen molar-refractivity contribution in [1.82, 2.24) is 4.90 Å². The molecule has 0 amide bonds. The molecule has 0 N–H and O–H groups in total. The molecule has 5 rings (SSSR count). The Morgan fingerprint density at radius 3 is 2.74 bits per heavy atom. The molecule has 1 aromatic heterocycles. The van der Waals surface area contributed by atoms with Crippen LogP contribution in [-0.4, -0.2) is 44.8 Å². The molecule has 0 radical (unpaired) electrons. The lowest BCUT2D eigenvalue weighted by Crippen LogP contribution is -2.36. The minimum absolute atomic E-state index is 0.160. The van der Waals surface area contributed by atoms with Gasteiger partial charge in [0.05, 0.1) is 19.1 Å². The number of fused-ring (bicyclic) bond motifs is 2. The van der Waals surface area contributed by atoms with Gasteiger partial charge < -0.3 is 19.0 Å². The van der Waals surface area contributed by atoms with Crippen LogP contribution in [0.5, 0.6) is 0 Å². The first-order valence-corrected chi connectivity index (χ1v) is 9.50. The summed E-state index contributed by atoms with van der Waals surface area (Å²) < 4.78 is 25.1. The highest BCUT2D eigenvalue weighted by Crippen LogP contribution is 2.37. The van der Waals surface area contributed by atoms with Crippen molar-refractivity contribution in [2.75, 3.05) is 44.8 Å². The number of anilines is 1. The molecular weight excluding hydrogens is 343 g/mol. The molecule has 1 atom stereocenters. The third-order valence-corrected chi connectivity index (χ3v) is 5.65. The Balaban J connectivity index is 1.53. The number of furan rings is 1. The summed E-state index contributed by atoms with van der Waals surface area (Å²) in [5, 5.41) is 0.824. The van der Waals surface area contributed by atoms with Crippen LogP contribution in [0.3, 0.4) is 0 Å². The van der Waals surface area contributed by atoms with E-state index in [-0.39, 0.29) is 11.7 Å². The summed E-state index contributed by atoms with van der Waals surface area (Å²) in [6, 6.07) is 13.5. The molecule has 2 aromatic carbocycles. The molecular formula is C22H23FN2O2. The number of rotatable bonds is 2. The van der Waals surface area contributed by atoms with E-state index in [9.17, 15) is 4.39 Å². The average molecular weight is 366 g/mol. The molecule has 5 heteroatoms. The second-order valence-corrected chi connectivity index (χ2v) is 7.56. The van der Waals surface area contributed by atoms with Crippen molar-refractivity contribution in [2.24, 2.45) is 0 Å². The minimum Gasteiger partial charge on any atom is -0.460 e. The number of morpholine rings is 1. The second kappa shape index (κ2) is 6.66. The molecule has 1 fully saturated rings. The van der Waals surface area contributed by atoms with Crippen molar-refractivity contribution in [3.63, 3.8) is 0 Å². The van der Waals surface area contributed by atoms with Gasteiger partial charge in [0.25, 0.3) is 0 Å². The predicted molar refractivity (Wildman–Crippen MR) is 104 cm³/mol. The third kappa shape index (κ3) is 3.11. The number of nitrogens with zero attached hydrogens (tertiary/aromatic N) is 2. The van der Waals surface area contributed by atoms with Gasteiger partial charge in [0, 0.05) is 37.3 Å². The van der Waals surface area contributed by atoms with Crippen molar-refractivity contribution in [1.29, 1.82) is 0 Å². The van der Waals surface area contributed by atoms with Crippen LogP contribution < -0.4 is 4.90 Å². The topological polar surface area (TPSA) is 28.9 Å². The monoisotopic (exact) mass is 366 g/mol. The van der Waals surface area contributed by atoms with Crippen LogP contribution in [-0.2, 0) is 11.3 Å². The maximum Gasteiger partial charge on any atom is 0.134 e. The molecule has 0 aliphatic carbocycles. The standard InChI is InChI=1S/C22H23FN2O2/c1-24-13-16-11-18(25-6-8-26-9-7-25)3-4-19(16)20(14-24)22-12-15-10-17(23)2-5-21(15)27-22/h2-5,10-12,20H,6-9,13-14H2,1H3. The summed E-state index contributed by atoms with van der Waals surface area (Å²) in [7, 11) is 2.14. The van der Waals surface area contributed by atoms with Crippen LogP contribution in [0.25, 0.3) is 11.0 Å².